The average Bonchev–Trinajstić information content (AvgIpc) is 2.97. The molecule has 0 atom stereocenters. The van der Waals surface area contributed by atoms with Crippen LogP contribution in [-0.4, -0.2) is 12.1 Å². The zero-order valence-electron chi connectivity index (χ0n) is 11.3. The van der Waals surface area contributed by atoms with Crippen LogP contribution < -0.4 is 10.1 Å². The molecular formula is C16H13ClN2O2. The maximum absolute atomic E-state index is 5.87. The number of aromatic nitrogens is 1. The Hall–Kier alpha value is -2.46. The van der Waals surface area contributed by atoms with Crippen LogP contribution in [0.25, 0.3) is 11.3 Å². The van der Waals surface area contributed by atoms with Gasteiger partial charge >= 0.3 is 0 Å². The fraction of sp³-hybridized carbons (Fsp3) is 0.0625. The molecule has 0 bridgehead atoms. The Balaban J connectivity index is 1.76. The number of hydrogen-bond donors (Lipinski definition) is 1. The molecule has 0 aliphatic rings. The Labute approximate surface area is 127 Å². The molecule has 0 unspecified atom stereocenters. The molecule has 0 radical (unpaired) electrons. The fourth-order valence-electron chi connectivity index (χ4n) is 1.88. The van der Waals surface area contributed by atoms with Crippen molar-refractivity contribution in [2.75, 3.05) is 12.4 Å². The third-order valence-corrected chi connectivity index (χ3v) is 3.23. The SMILES string of the molecule is COc1ccc(Nc2ncc(-c3ccc(Cl)cc3)o2)cc1. The second kappa shape index (κ2) is 5.89. The molecule has 3 rings (SSSR count). The van der Waals surface area contributed by atoms with Crippen LogP contribution in [0.5, 0.6) is 5.75 Å². The largest absolute Gasteiger partial charge is 0.497 e. The van der Waals surface area contributed by atoms with Crippen molar-refractivity contribution in [1.82, 2.24) is 4.98 Å². The van der Waals surface area contributed by atoms with Gasteiger partial charge in [0, 0.05) is 16.3 Å². The van der Waals surface area contributed by atoms with Crippen molar-refractivity contribution >= 4 is 23.3 Å². The molecule has 4 nitrogen and oxygen atoms in total. The Morgan fingerprint density at radius 3 is 2.43 bits per heavy atom. The van der Waals surface area contributed by atoms with Gasteiger partial charge in [-0.05, 0) is 48.5 Å². The Kier molecular flexibility index (Phi) is 3.79. The number of methoxy groups -OCH3 is 1. The minimum absolute atomic E-state index is 0.435. The van der Waals surface area contributed by atoms with Crippen molar-refractivity contribution in [3.63, 3.8) is 0 Å². The van der Waals surface area contributed by atoms with Gasteiger partial charge in [0.2, 0.25) is 0 Å². The summed E-state index contributed by atoms with van der Waals surface area (Å²) in [7, 11) is 1.63. The van der Waals surface area contributed by atoms with Crippen molar-refractivity contribution in [2.45, 2.75) is 0 Å². The zero-order chi connectivity index (χ0) is 14.7. The minimum Gasteiger partial charge on any atom is -0.497 e. The van der Waals surface area contributed by atoms with E-state index in [4.69, 9.17) is 20.8 Å². The molecule has 1 heterocycles. The minimum atomic E-state index is 0.435. The molecule has 0 aliphatic heterocycles. The summed E-state index contributed by atoms with van der Waals surface area (Å²) in [5.41, 5.74) is 1.80. The number of nitrogens with one attached hydrogen (secondary N) is 1. The molecule has 2 aromatic carbocycles. The molecule has 0 fully saturated rings. The molecule has 0 aliphatic carbocycles. The Bertz CT molecular complexity index is 721. The van der Waals surface area contributed by atoms with Crippen molar-refractivity contribution in [1.29, 1.82) is 0 Å². The van der Waals surface area contributed by atoms with Crippen molar-refractivity contribution in [2.24, 2.45) is 0 Å². The van der Waals surface area contributed by atoms with Crippen LogP contribution in [-0.2, 0) is 0 Å². The molecule has 21 heavy (non-hydrogen) atoms. The summed E-state index contributed by atoms with van der Waals surface area (Å²) in [6, 6.07) is 15.4. The topological polar surface area (TPSA) is 47.3 Å². The smallest absolute Gasteiger partial charge is 0.299 e. The molecular weight excluding hydrogens is 288 g/mol. The van der Waals surface area contributed by atoms with Gasteiger partial charge in [0.25, 0.3) is 6.01 Å². The van der Waals surface area contributed by atoms with Crippen LogP contribution in [0.3, 0.4) is 0 Å². The lowest BCUT2D eigenvalue weighted by Gasteiger charge is -2.03. The molecule has 0 amide bonds. The van der Waals surface area contributed by atoms with E-state index in [1.54, 1.807) is 13.3 Å². The first-order valence-electron chi connectivity index (χ1n) is 6.37. The van der Waals surface area contributed by atoms with Crippen molar-refractivity contribution < 1.29 is 9.15 Å². The number of ether oxygens (including phenoxy) is 1. The lowest BCUT2D eigenvalue weighted by Crippen LogP contribution is -1.90. The number of halogens is 1. The van der Waals surface area contributed by atoms with E-state index in [0.29, 0.717) is 16.8 Å². The first kappa shape index (κ1) is 13.5. The van der Waals surface area contributed by atoms with Gasteiger partial charge in [-0.2, -0.15) is 0 Å². The van der Waals surface area contributed by atoms with Crippen LogP contribution in [0.1, 0.15) is 0 Å². The van der Waals surface area contributed by atoms with Gasteiger partial charge in [0.05, 0.1) is 13.3 Å². The molecule has 1 N–H and O–H groups in total. The van der Waals surface area contributed by atoms with Gasteiger partial charge in [-0.1, -0.05) is 11.6 Å². The number of anilines is 2. The van der Waals surface area contributed by atoms with Gasteiger partial charge < -0.3 is 14.5 Å². The third-order valence-electron chi connectivity index (χ3n) is 2.98. The summed E-state index contributed by atoms with van der Waals surface area (Å²) < 4.78 is 10.8. The predicted molar refractivity (Wildman–Crippen MR) is 83.2 cm³/mol. The van der Waals surface area contributed by atoms with E-state index in [0.717, 1.165) is 17.0 Å². The highest BCUT2D eigenvalue weighted by Crippen LogP contribution is 2.26. The molecule has 106 valence electrons. The number of oxazole rings is 1. The molecule has 1 aromatic heterocycles. The molecule has 0 spiro atoms. The van der Waals surface area contributed by atoms with Crippen LogP contribution >= 0.6 is 11.6 Å². The number of nitrogens with zero attached hydrogens (tertiary/aromatic N) is 1. The second-order valence-electron chi connectivity index (χ2n) is 4.39. The number of rotatable bonds is 4. The standard InChI is InChI=1S/C16H13ClN2O2/c1-20-14-8-6-13(7-9-14)19-16-18-10-15(21-16)11-2-4-12(17)5-3-11/h2-10H,1H3,(H,18,19). The van der Waals surface area contributed by atoms with E-state index >= 15 is 0 Å². The number of benzene rings is 2. The normalized spacial score (nSPS) is 10.4. The lowest BCUT2D eigenvalue weighted by molar-refractivity contribution is 0.415. The average molecular weight is 301 g/mol. The lowest BCUT2D eigenvalue weighted by atomic mass is 10.2. The predicted octanol–water partition coefficient (Wildman–Crippen LogP) is 4.75. The molecule has 3 aromatic rings. The summed E-state index contributed by atoms with van der Waals surface area (Å²) in [5, 5.41) is 3.79. The highest BCUT2D eigenvalue weighted by atomic mass is 35.5. The van der Waals surface area contributed by atoms with E-state index < -0.39 is 0 Å². The van der Waals surface area contributed by atoms with Crippen molar-refractivity contribution in [3.05, 3.63) is 59.8 Å². The van der Waals surface area contributed by atoms with E-state index in [1.165, 1.54) is 0 Å². The molecule has 0 saturated carbocycles. The van der Waals surface area contributed by atoms with E-state index in [2.05, 4.69) is 10.3 Å². The Morgan fingerprint density at radius 1 is 1.05 bits per heavy atom. The monoisotopic (exact) mass is 300 g/mol. The summed E-state index contributed by atoms with van der Waals surface area (Å²) in [6.07, 6.45) is 1.68. The van der Waals surface area contributed by atoms with Gasteiger partial charge in [-0.25, -0.2) is 4.98 Å². The van der Waals surface area contributed by atoms with Crippen LogP contribution in [0.4, 0.5) is 11.7 Å². The highest BCUT2D eigenvalue weighted by molar-refractivity contribution is 6.30. The van der Waals surface area contributed by atoms with Crippen LogP contribution in [0, 0.1) is 0 Å². The quantitative estimate of drug-likeness (QED) is 0.755. The van der Waals surface area contributed by atoms with Gasteiger partial charge in [0.1, 0.15) is 5.75 Å². The van der Waals surface area contributed by atoms with E-state index in [-0.39, 0.29) is 0 Å². The second-order valence-corrected chi connectivity index (χ2v) is 4.83. The van der Waals surface area contributed by atoms with E-state index in [9.17, 15) is 0 Å². The summed E-state index contributed by atoms with van der Waals surface area (Å²) in [6.45, 7) is 0. The summed E-state index contributed by atoms with van der Waals surface area (Å²) in [4.78, 5) is 4.21. The first-order chi connectivity index (χ1) is 10.2. The number of hydrogen-bond acceptors (Lipinski definition) is 4. The maximum atomic E-state index is 5.87. The van der Waals surface area contributed by atoms with Gasteiger partial charge in [0.15, 0.2) is 5.76 Å². The van der Waals surface area contributed by atoms with Crippen molar-refractivity contribution in [3.8, 4) is 17.1 Å². The first-order valence-corrected chi connectivity index (χ1v) is 6.75. The highest BCUT2D eigenvalue weighted by Gasteiger charge is 2.06. The maximum Gasteiger partial charge on any atom is 0.299 e. The third kappa shape index (κ3) is 3.17. The zero-order valence-corrected chi connectivity index (χ0v) is 12.1. The fourth-order valence-corrected chi connectivity index (χ4v) is 2.00. The summed E-state index contributed by atoms with van der Waals surface area (Å²) in [5.74, 6) is 1.48. The summed E-state index contributed by atoms with van der Waals surface area (Å²) >= 11 is 5.87. The van der Waals surface area contributed by atoms with E-state index in [1.807, 2.05) is 48.5 Å². The van der Waals surface area contributed by atoms with Crippen LogP contribution in [0.15, 0.2) is 59.1 Å². The molecule has 0 saturated heterocycles. The van der Waals surface area contributed by atoms with Gasteiger partial charge in [-0.3, -0.25) is 0 Å². The Morgan fingerprint density at radius 2 is 1.76 bits per heavy atom. The molecule has 5 heteroatoms. The van der Waals surface area contributed by atoms with Crippen LogP contribution in [0.2, 0.25) is 5.02 Å². The van der Waals surface area contributed by atoms with Gasteiger partial charge in [-0.15, -0.1) is 0 Å².